The maximum atomic E-state index is 13.6. The van der Waals surface area contributed by atoms with Crippen molar-refractivity contribution in [3.05, 3.63) is 34.6 Å². The predicted octanol–water partition coefficient (Wildman–Crippen LogP) is 3.69. The van der Waals surface area contributed by atoms with Crippen LogP contribution < -0.4 is 10.6 Å². The molecule has 0 heterocycles. The summed E-state index contributed by atoms with van der Waals surface area (Å²) in [4.78, 5) is 23.7. The summed E-state index contributed by atoms with van der Waals surface area (Å²) in [5, 5.41) is 5.41. The average Bonchev–Trinajstić information content (AvgIpc) is 2.57. The van der Waals surface area contributed by atoms with E-state index >= 15 is 0 Å². The van der Waals surface area contributed by atoms with E-state index in [9.17, 15) is 14.0 Å². The molecule has 2 rings (SSSR count). The van der Waals surface area contributed by atoms with Crippen LogP contribution in [0.25, 0.3) is 0 Å². The zero-order valence-corrected chi connectivity index (χ0v) is 14.5. The quantitative estimate of drug-likeness (QED) is 0.734. The Morgan fingerprint density at radius 3 is 2.54 bits per heavy atom. The number of rotatable bonds is 7. The fourth-order valence-electron chi connectivity index (χ4n) is 3.08. The lowest BCUT2D eigenvalue weighted by Gasteiger charge is -2.21. The molecule has 2 amide bonds. The summed E-state index contributed by atoms with van der Waals surface area (Å²) in [6.45, 7) is 0.556. The summed E-state index contributed by atoms with van der Waals surface area (Å²) in [7, 11) is 0. The van der Waals surface area contributed by atoms with Gasteiger partial charge in [0.1, 0.15) is 5.82 Å². The van der Waals surface area contributed by atoms with Crippen molar-refractivity contribution in [3.63, 3.8) is 0 Å². The van der Waals surface area contributed by atoms with Gasteiger partial charge in [-0.25, -0.2) is 4.39 Å². The maximum absolute atomic E-state index is 13.6. The molecule has 1 aliphatic rings. The van der Waals surface area contributed by atoms with Gasteiger partial charge in [-0.3, -0.25) is 9.59 Å². The molecular weight excluding hydrogens is 331 g/mol. The fourth-order valence-corrected chi connectivity index (χ4v) is 3.33. The van der Waals surface area contributed by atoms with E-state index in [1.807, 2.05) is 0 Å². The van der Waals surface area contributed by atoms with Crippen molar-refractivity contribution >= 4 is 23.4 Å². The second-order valence-electron chi connectivity index (χ2n) is 6.25. The third-order valence-corrected chi connectivity index (χ3v) is 4.74. The van der Waals surface area contributed by atoms with E-state index in [0.717, 1.165) is 6.42 Å². The van der Waals surface area contributed by atoms with Gasteiger partial charge in [-0.2, -0.15) is 0 Å². The number of nitrogens with one attached hydrogen (secondary N) is 2. The highest BCUT2D eigenvalue weighted by atomic mass is 35.5. The van der Waals surface area contributed by atoms with Crippen molar-refractivity contribution in [2.75, 3.05) is 13.1 Å². The Morgan fingerprint density at radius 1 is 1.12 bits per heavy atom. The van der Waals surface area contributed by atoms with Gasteiger partial charge < -0.3 is 10.6 Å². The minimum Gasteiger partial charge on any atom is -0.354 e. The van der Waals surface area contributed by atoms with Crippen LogP contribution in [0.2, 0.25) is 5.02 Å². The highest BCUT2D eigenvalue weighted by Gasteiger charge is 2.16. The lowest BCUT2D eigenvalue weighted by atomic mass is 9.86. The zero-order chi connectivity index (χ0) is 17.4. The fraction of sp³-hybridized carbons (Fsp3) is 0.556. The third-order valence-electron chi connectivity index (χ3n) is 4.43. The summed E-state index contributed by atoms with van der Waals surface area (Å²) < 4.78 is 13.6. The van der Waals surface area contributed by atoms with E-state index in [1.165, 1.54) is 50.3 Å². The predicted molar refractivity (Wildman–Crippen MR) is 92.6 cm³/mol. The van der Waals surface area contributed by atoms with Crippen LogP contribution in [-0.2, 0) is 4.79 Å². The monoisotopic (exact) mass is 354 g/mol. The van der Waals surface area contributed by atoms with Crippen LogP contribution in [-0.4, -0.2) is 24.9 Å². The number of amides is 2. The van der Waals surface area contributed by atoms with Crippen molar-refractivity contribution in [3.8, 4) is 0 Å². The van der Waals surface area contributed by atoms with Gasteiger partial charge in [0.2, 0.25) is 5.91 Å². The Hall–Kier alpha value is -1.62. The largest absolute Gasteiger partial charge is 0.354 e. The lowest BCUT2D eigenvalue weighted by molar-refractivity contribution is -0.121. The van der Waals surface area contributed by atoms with Crippen molar-refractivity contribution in [1.82, 2.24) is 10.6 Å². The second-order valence-corrected chi connectivity index (χ2v) is 6.65. The third kappa shape index (κ3) is 5.78. The molecule has 1 aliphatic carbocycles. The molecule has 0 bridgehead atoms. The van der Waals surface area contributed by atoms with Crippen molar-refractivity contribution in [1.29, 1.82) is 0 Å². The molecule has 1 fully saturated rings. The van der Waals surface area contributed by atoms with Gasteiger partial charge in [-0.15, -0.1) is 0 Å². The molecule has 6 heteroatoms. The van der Waals surface area contributed by atoms with Gasteiger partial charge in [0.25, 0.3) is 5.91 Å². The van der Waals surface area contributed by atoms with Crippen molar-refractivity contribution < 1.29 is 14.0 Å². The van der Waals surface area contributed by atoms with E-state index in [0.29, 0.717) is 18.9 Å². The van der Waals surface area contributed by atoms with Gasteiger partial charge in [0.15, 0.2) is 0 Å². The molecule has 24 heavy (non-hydrogen) atoms. The van der Waals surface area contributed by atoms with Crippen LogP contribution in [0.4, 0.5) is 4.39 Å². The summed E-state index contributed by atoms with van der Waals surface area (Å²) in [5.74, 6) is -0.558. The maximum Gasteiger partial charge on any atom is 0.255 e. The van der Waals surface area contributed by atoms with Crippen molar-refractivity contribution in [2.24, 2.45) is 5.92 Å². The van der Waals surface area contributed by atoms with E-state index in [1.54, 1.807) is 0 Å². The first-order chi connectivity index (χ1) is 11.6. The Labute approximate surface area is 147 Å². The summed E-state index contributed by atoms with van der Waals surface area (Å²) in [6, 6.07) is 4.10. The number of carbonyl (C=O) groups is 2. The van der Waals surface area contributed by atoms with Crippen LogP contribution >= 0.6 is 11.6 Å². The normalized spacial score (nSPS) is 15.1. The molecule has 2 N–H and O–H groups in total. The van der Waals surface area contributed by atoms with E-state index in [4.69, 9.17) is 11.6 Å². The average molecular weight is 355 g/mol. The SMILES string of the molecule is O=C(CCC1CCCCC1)NCCNC(=O)c1c(F)cccc1Cl. The van der Waals surface area contributed by atoms with E-state index in [2.05, 4.69) is 10.6 Å². The molecular formula is C18H24ClFN2O2. The van der Waals surface area contributed by atoms with E-state index < -0.39 is 11.7 Å². The molecule has 0 unspecified atom stereocenters. The van der Waals surface area contributed by atoms with E-state index in [-0.39, 0.29) is 23.0 Å². The molecule has 0 saturated heterocycles. The first kappa shape index (κ1) is 18.7. The highest BCUT2D eigenvalue weighted by molar-refractivity contribution is 6.33. The van der Waals surface area contributed by atoms with Gasteiger partial charge in [-0.05, 0) is 24.5 Å². The lowest BCUT2D eigenvalue weighted by Crippen LogP contribution is -2.35. The number of carbonyl (C=O) groups excluding carboxylic acids is 2. The van der Waals surface area contributed by atoms with Gasteiger partial charge in [-0.1, -0.05) is 49.8 Å². The molecule has 0 spiro atoms. The number of halogens is 2. The van der Waals surface area contributed by atoms with Crippen LogP contribution in [0.3, 0.4) is 0 Å². The number of benzene rings is 1. The van der Waals surface area contributed by atoms with Gasteiger partial charge in [0, 0.05) is 19.5 Å². The van der Waals surface area contributed by atoms with Crippen LogP contribution in [0, 0.1) is 11.7 Å². The number of hydrogen-bond donors (Lipinski definition) is 2. The topological polar surface area (TPSA) is 58.2 Å². The highest BCUT2D eigenvalue weighted by Crippen LogP contribution is 2.27. The van der Waals surface area contributed by atoms with Crippen LogP contribution in [0.1, 0.15) is 55.3 Å². The minimum absolute atomic E-state index is 0.00116. The van der Waals surface area contributed by atoms with Gasteiger partial charge >= 0.3 is 0 Å². The molecule has 1 saturated carbocycles. The van der Waals surface area contributed by atoms with Crippen molar-refractivity contribution in [2.45, 2.75) is 44.9 Å². The zero-order valence-electron chi connectivity index (χ0n) is 13.7. The molecule has 0 atom stereocenters. The van der Waals surface area contributed by atoms with Gasteiger partial charge in [0.05, 0.1) is 10.6 Å². The summed E-state index contributed by atoms with van der Waals surface area (Å²) in [6.07, 6.45) is 7.78. The first-order valence-corrected chi connectivity index (χ1v) is 8.94. The Kier molecular flexibility index (Phi) is 7.50. The summed E-state index contributed by atoms with van der Waals surface area (Å²) >= 11 is 5.83. The molecule has 4 nitrogen and oxygen atoms in total. The summed E-state index contributed by atoms with van der Waals surface area (Å²) in [5.41, 5.74) is -0.164. The smallest absolute Gasteiger partial charge is 0.255 e. The Bertz CT molecular complexity index is 554. The van der Waals surface area contributed by atoms with Crippen LogP contribution in [0.15, 0.2) is 18.2 Å². The number of hydrogen-bond acceptors (Lipinski definition) is 2. The van der Waals surface area contributed by atoms with Crippen LogP contribution in [0.5, 0.6) is 0 Å². The molecule has 0 aliphatic heterocycles. The minimum atomic E-state index is -0.656. The molecule has 1 aromatic carbocycles. The molecule has 132 valence electrons. The molecule has 0 radical (unpaired) electrons. The Balaban J connectivity index is 1.63. The molecule has 1 aromatic rings. The second kappa shape index (κ2) is 9.62. The first-order valence-electron chi connectivity index (χ1n) is 8.57. The standard InChI is InChI=1S/C18H24ClFN2O2/c19-14-7-4-8-15(20)17(14)18(24)22-12-11-21-16(23)10-9-13-5-2-1-3-6-13/h4,7-8,13H,1-3,5-6,9-12H2,(H,21,23)(H,22,24). The molecule has 0 aromatic heterocycles. The Morgan fingerprint density at radius 2 is 1.83 bits per heavy atom.